The van der Waals surface area contributed by atoms with E-state index in [1.54, 1.807) is 11.3 Å². The van der Waals surface area contributed by atoms with Gasteiger partial charge in [-0.25, -0.2) is 0 Å². The quantitative estimate of drug-likeness (QED) is 0.103. The molecule has 0 saturated carbocycles. The van der Waals surface area contributed by atoms with Gasteiger partial charge in [-0.1, -0.05) is 212 Å². The van der Waals surface area contributed by atoms with Crippen LogP contribution in [0.1, 0.15) is 34.5 Å². The Kier molecular flexibility index (Phi) is 15.4. The maximum absolute atomic E-state index is 6.21. The molecule has 0 radical (unpaired) electrons. The van der Waals surface area contributed by atoms with Gasteiger partial charge in [0.15, 0.2) is 0 Å². The summed E-state index contributed by atoms with van der Waals surface area (Å²) in [6.45, 7) is 6.35. The van der Waals surface area contributed by atoms with Crippen molar-refractivity contribution in [2.24, 2.45) is 16.5 Å². The maximum Gasteiger partial charge on any atom is 0.126 e. The molecule has 0 aliphatic heterocycles. The Labute approximate surface area is 382 Å². The summed E-state index contributed by atoms with van der Waals surface area (Å²) in [5, 5.41) is 9.19. The average Bonchev–Trinajstić information content (AvgIpc) is 3.44. The lowest BCUT2D eigenvalue weighted by atomic mass is 9.92. The minimum Gasteiger partial charge on any atom is -0.383 e. The highest BCUT2D eigenvalue weighted by Crippen LogP contribution is 2.37. The molecule has 0 fully saturated rings. The van der Waals surface area contributed by atoms with Crippen molar-refractivity contribution >= 4 is 59.6 Å². The fourth-order valence-corrected chi connectivity index (χ4v) is 8.61. The number of aliphatic imine (C=N–C) groups is 1. The molecule has 0 aliphatic carbocycles. The van der Waals surface area contributed by atoms with Crippen molar-refractivity contribution in [3.8, 4) is 22.3 Å². The predicted molar refractivity (Wildman–Crippen MR) is 281 cm³/mol. The van der Waals surface area contributed by atoms with Crippen molar-refractivity contribution in [3.63, 3.8) is 0 Å². The molecular formula is C60H55N3S. The van der Waals surface area contributed by atoms with Gasteiger partial charge in [0.2, 0.25) is 0 Å². The zero-order valence-electron chi connectivity index (χ0n) is 37.0. The summed E-state index contributed by atoms with van der Waals surface area (Å²) in [6, 6.07) is 80.9. The largest absolute Gasteiger partial charge is 0.383 e. The number of amidine groups is 1. The number of hydrogen-bond donors (Lipinski definition) is 2. The Balaban J connectivity index is 0.000000166. The van der Waals surface area contributed by atoms with Crippen molar-refractivity contribution < 1.29 is 0 Å². The van der Waals surface area contributed by atoms with E-state index in [-0.39, 0.29) is 6.04 Å². The summed E-state index contributed by atoms with van der Waals surface area (Å²) < 4.78 is 1.27. The predicted octanol–water partition coefficient (Wildman–Crippen LogP) is 15.9. The van der Waals surface area contributed by atoms with E-state index in [0.717, 1.165) is 11.1 Å². The van der Waals surface area contributed by atoms with Crippen LogP contribution in [0.5, 0.6) is 0 Å². The van der Waals surface area contributed by atoms with Crippen LogP contribution in [0.2, 0.25) is 0 Å². The molecule has 4 N–H and O–H groups in total. The average molecular weight is 850 g/mol. The molecule has 0 bridgehead atoms. The van der Waals surface area contributed by atoms with E-state index in [1.807, 2.05) is 66.7 Å². The Bertz CT molecular complexity index is 3090. The lowest BCUT2D eigenvalue weighted by molar-refractivity contribution is 0.818. The van der Waals surface area contributed by atoms with E-state index < -0.39 is 0 Å². The first-order valence-corrected chi connectivity index (χ1v) is 22.5. The zero-order chi connectivity index (χ0) is 44.7. The van der Waals surface area contributed by atoms with Gasteiger partial charge in [-0.2, -0.15) is 0 Å². The molecule has 9 aromatic carbocycles. The molecular weight excluding hydrogens is 795 g/mol. The summed E-state index contributed by atoms with van der Waals surface area (Å²) >= 11 is 1.81. The molecule has 1 heterocycles. The molecule has 316 valence electrons. The van der Waals surface area contributed by atoms with Gasteiger partial charge < -0.3 is 11.5 Å². The van der Waals surface area contributed by atoms with Crippen molar-refractivity contribution in [3.05, 3.63) is 252 Å². The first kappa shape index (κ1) is 44.7. The highest BCUT2D eigenvalue weighted by atomic mass is 32.1. The topological polar surface area (TPSA) is 64.4 Å². The number of aryl methyl sites for hydroxylation is 2. The number of nitrogens with two attached hydrogens (primary N) is 2. The molecule has 10 rings (SSSR count). The van der Waals surface area contributed by atoms with Crippen LogP contribution in [-0.2, 0) is 0 Å². The molecule has 0 spiro atoms. The minimum atomic E-state index is -0.0120. The summed E-state index contributed by atoms with van der Waals surface area (Å²) in [5.74, 6) is 0.565. The smallest absolute Gasteiger partial charge is 0.126 e. The number of nitrogens with zero attached hydrogens (tertiary/aromatic N) is 1. The summed E-state index contributed by atoms with van der Waals surface area (Å²) in [7, 11) is 1.50. The molecule has 1 aromatic heterocycles. The van der Waals surface area contributed by atoms with Gasteiger partial charge in [-0.15, -0.1) is 11.3 Å². The van der Waals surface area contributed by atoms with Crippen LogP contribution in [0, 0.1) is 13.8 Å². The molecule has 1 atom stereocenters. The van der Waals surface area contributed by atoms with Crippen LogP contribution in [0.3, 0.4) is 0 Å². The molecule has 3 nitrogen and oxygen atoms in total. The first-order chi connectivity index (χ1) is 31.4. The molecule has 0 amide bonds. The lowest BCUT2D eigenvalue weighted by Crippen LogP contribution is -2.14. The normalized spacial score (nSPS) is 11.3. The third kappa shape index (κ3) is 11.2. The van der Waals surface area contributed by atoms with E-state index in [4.69, 9.17) is 10.7 Å². The third-order valence-corrected chi connectivity index (χ3v) is 12.1. The SMILES string of the molecule is CN.Cc1ccc(-c2ccc3c4ccccc4c4ccccc4c3c2)cc1.Cc1cccc(-c2ccc(C(C)N=C(N)c3ccccc3)cc2)cc2ccccc2s1.c1ccccc1. The van der Waals surface area contributed by atoms with Gasteiger partial charge in [0.25, 0.3) is 0 Å². The number of rotatable bonds is 5. The van der Waals surface area contributed by atoms with E-state index in [2.05, 4.69) is 190 Å². The monoisotopic (exact) mass is 849 g/mol. The van der Waals surface area contributed by atoms with E-state index in [0.29, 0.717) is 5.84 Å². The van der Waals surface area contributed by atoms with Gasteiger partial charge in [0.05, 0.1) is 6.04 Å². The van der Waals surface area contributed by atoms with Crippen LogP contribution in [0.4, 0.5) is 0 Å². The van der Waals surface area contributed by atoms with Crippen molar-refractivity contribution in [1.82, 2.24) is 0 Å². The summed E-state index contributed by atoms with van der Waals surface area (Å²) in [5.41, 5.74) is 19.0. The van der Waals surface area contributed by atoms with Crippen molar-refractivity contribution in [2.45, 2.75) is 26.8 Å². The summed E-state index contributed by atoms with van der Waals surface area (Å²) in [6.07, 6.45) is 0. The minimum absolute atomic E-state index is 0.0120. The van der Waals surface area contributed by atoms with Crippen LogP contribution >= 0.6 is 11.3 Å². The second kappa shape index (κ2) is 22.1. The van der Waals surface area contributed by atoms with Gasteiger partial charge in [0, 0.05) is 15.1 Å². The second-order valence-electron chi connectivity index (χ2n) is 15.4. The number of hydrogen-bond acceptors (Lipinski definition) is 3. The number of fused-ring (bicyclic) bond motifs is 7. The Morgan fingerprint density at radius 1 is 0.422 bits per heavy atom. The van der Waals surface area contributed by atoms with Gasteiger partial charge >= 0.3 is 0 Å². The van der Waals surface area contributed by atoms with E-state index in [9.17, 15) is 0 Å². The lowest BCUT2D eigenvalue weighted by Gasteiger charge is -2.12. The Hall–Kier alpha value is -7.37. The standard InChI is InChI=1S/C28H26N2S.C25H18.C6H6.CH5N/c1-20-9-8-13-25(19-26-12-6-7-14-27(26)31-20)23-17-15-22(16-18-23)21(2)30-28(29)24-10-4-3-5-11-24;1-17-10-12-18(13-11-17)19-14-15-24-22-8-3-2-6-20(22)21-7-4-5-9-23(21)25(24)16-19;1-2-4-6-5-3-1;1-2/h3-19,21H,1-2H3,(H2,29,30);2-16H,1H3;1-6H;2H2,1H3. The van der Waals surface area contributed by atoms with Gasteiger partial charge in [-0.05, 0) is 118 Å². The van der Waals surface area contributed by atoms with Crippen LogP contribution < -0.4 is 11.5 Å². The maximum atomic E-state index is 6.21. The molecule has 4 heteroatoms. The molecule has 1 unspecified atom stereocenters. The Morgan fingerprint density at radius 2 is 0.875 bits per heavy atom. The van der Waals surface area contributed by atoms with E-state index in [1.165, 1.54) is 82.1 Å². The molecule has 64 heavy (non-hydrogen) atoms. The van der Waals surface area contributed by atoms with Gasteiger partial charge in [0.1, 0.15) is 5.84 Å². The highest BCUT2D eigenvalue weighted by molar-refractivity contribution is 7.18. The Morgan fingerprint density at radius 3 is 1.47 bits per heavy atom. The number of benzene rings is 9. The van der Waals surface area contributed by atoms with Crippen LogP contribution in [0.25, 0.3) is 64.7 Å². The highest BCUT2D eigenvalue weighted by Gasteiger charge is 2.10. The van der Waals surface area contributed by atoms with Crippen LogP contribution in [-0.4, -0.2) is 12.9 Å². The summed E-state index contributed by atoms with van der Waals surface area (Å²) in [4.78, 5) is 5.97. The first-order valence-electron chi connectivity index (χ1n) is 21.7. The van der Waals surface area contributed by atoms with Gasteiger partial charge in [-0.3, -0.25) is 4.99 Å². The van der Waals surface area contributed by atoms with Crippen molar-refractivity contribution in [2.75, 3.05) is 7.05 Å². The van der Waals surface area contributed by atoms with Crippen molar-refractivity contribution in [1.29, 1.82) is 0 Å². The second-order valence-corrected chi connectivity index (χ2v) is 16.7. The zero-order valence-corrected chi connectivity index (χ0v) is 37.8. The molecule has 0 aliphatic rings. The fraction of sp³-hybridized carbons (Fsp3) is 0.0833. The molecule has 10 aromatic rings. The fourth-order valence-electron chi connectivity index (χ4n) is 7.72. The third-order valence-electron chi connectivity index (χ3n) is 11.0. The molecule has 0 saturated heterocycles. The van der Waals surface area contributed by atoms with E-state index >= 15 is 0 Å². The van der Waals surface area contributed by atoms with Crippen LogP contribution in [0.15, 0.2) is 236 Å².